The molecule has 0 spiro atoms. The van der Waals surface area contributed by atoms with Gasteiger partial charge in [0.15, 0.2) is 0 Å². The van der Waals surface area contributed by atoms with Gasteiger partial charge in [0.05, 0.1) is 19.0 Å². The molecule has 1 aromatic heterocycles. The fraction of sp³-hybridized carbons (Fsp3) is 0.333. The van der Waals surface area contributed by atoms with Crippen molar-refractivity contribution in [2.24, 2.45) is 0 Å². The van der Waals surface area contributed by atoms with E-state index in [-0.39, 0.29) is 17.6 Å². The molecule has 142 valence electrons. The van der Waals surface area contributed by atoms with Crippen LogP contribution in [0.2, 0.25) is 0 Å². The minimum atomic E-state index is -0.135. The molecule has 1 saturated heterocycles. The molecule has 8 nitrogen and oxygen atoms in total. The van der Waals surface area contributed by atoms with Gasteiger partial charge < -0.3 is 20.3 Å². The van der Waals surface area contributed by atoms with Crippen molar-refractivity contribution in [3.63, 3.8) is 0 Å². The van der Waals surface area contributed by atoms with E-state index in [9.17, 15) is 9.59 Å². The van der Waals surface area contributed by atoms with Gasteiger partial charge in [-0.25, -0.2) is 9.97 Å². The largest absolute Gasteiger partial charge is 0.378 e. The van der Waals surface area contributed by atoms with Gasteiger partial charge in [-0.2, -0.15) is 0 Å². The maximum absolute atomic E-state index is 12.2. The number of carbonyl (C=O) groups is 2. The topological polar surface area (TPSA) is 96.5 Å². The Balaban J connectivity index is 1.51. The normalized spacial score (nSPS) is 13.9. The molecule has 0 saturated carbocycles. The molecule has 1 aliphatic heterocycles. The molecule has 2 amide bonds. The highest BCUT2D eigenvalue weighted by atomic mass is 32.2. The number of benzene rings is 1. The zero-order valence-electron chi connectivity index (χ0n) is 15.0. The fourth-order valence-electron chi connectivity index (χ4n) is 2.55. The quantitative estimate of drug-likeness (QED) is 0.578. The van der Waals surface area contributed by atoms with Crippen LogP contribution in [0.3, 0.4) is 0 Å². The van der Waals surface area contributed by atoms with Gasteiger partial charge in [-0.1, -0.05) is 11.8 Å². The molecule has 0 aliphatic carbocycles. The van der Waals surface area contributed by atoms with E-state index >= 15 is 0 Å². The summed E-state index contributed by atoms with van der Waals surface area (Å²) in [5, 5.41) is 6.26. The van der Waals surface area contributed by atoms with Crippen LogP contribution in [0.25, 0.3) is 0 Å². The first-order chi connectivity index (χ1) is 13.1. The number of nitrogens with zero attached hydrogens (tertiary/aromatic N) is 3. The van der Waals surface area contributed by atoms with Crippen LogP contribution in [0.1, 0.15) is 6.92 Å². The van der Waals surface area contributed by atoms with Crippen molar-refractivity contribution in [3.05, 3.63) is 36.7 Å². The summed E-state index contributed by atoms with van der Waals surface area (Å²) in [4.78, 5) is 33.9. The van der Waals surface area contributed by atoms with E-state index in [1.54, 1.807) is 24.3 Å². The van der Waals surface area contributed by atoms with E-state index in [4.69, 9.17) is 4.74 Å². The molecule has 0 bridgehead atoms. The van der Waals surface area contributed by atoms with Crippen molar-refractivity contribution in [2.45, 2.75) is 11.9 Å². The number of thioether (sulfide) groups is 1. The van der Waals surface area contributed by atoms with Crippen LogP contribution in [0.5, 0.6) is 0 Å². The van der Waals surface area contributed by atoms with Crippen molar-refractivity contribution in [2.75, 3.05) is 47.6 Å². The SMILES string of the molecule is CC(=O)Nc1ccc(NC(=O)CSc2cc(N3CCOCC3)ncn2)cc1. The van der Waals surface area contributed by atoms with Crippen molar-refractivity contribution in [1.29, 1.82) is 0 Å². The number of amides is 2. The van der Waals surface area contributed by atoms with Crippen LogP contribution in [0.15, 0.2) is 41.7 Å². The lowest BCUT2D eigenvalue weighted by Gasteiger charge is -2.27. The second-order valence-corrected chi connectivity index (χ2v) is 6.90. The first-order valence-corrected chi connectivity index (χ1v) is 9.54. The third-order valence-corrected chi connectivity index (χ3v) is 4.73. The monoisotopic (exact) mass is 387 g/mol. The van der Waals surface area contributed by atoms with Gasteiger partial charge in [0.2, 0.25) is 11.8 Å². The minimum absolute atomic E-state index is 0.126. The van der Waals surface area contributed by atoms with Crippen molar-refractivity contribution >= 4 is 40.8 Å². The second kappa shape index (κ2) is 9.33. The molecule has 27 heavy (non-hydrogen) atoms. The molecule has 1 aromatic carbocycles. The molecule has 9 heteroatoms. The highest BCUT2D eigenvalue weighted by molar-refractivity contribution is 7.99. The molecule has 2 heterocycles. The Morgan fingerprint density at radius 2 is 1.78 bits per heavy atom. The van der Waals surface area contributed by atoms with Crippen LogP contribution in [0.4, 0.5) is 17.2 Å². The summed E-state index contributed by atoms with van der Waals surface area (Å²) >= 11 is 1.36. The molecule has 2 N–H and O–H groups in total. The summed E-state index contributed by atoms with van der Waals surface area (Å²) in [5.41, 5.74) is 1.36. The summed E-state index contributed by atoms with van der Waals surface area (Å²) in [6.45, 7) is 4.43. The number of hydrogen-bond donors (Lipinski definition) is 2. The summed E-state index contributed by atoms with van der Waals surface area (Å²) in [7, 11) is 0. The summed E-state index contributed by atoms with van der Waals surface area (Å²) in [6, 6.07) is 8.86. The lowest BCUT2D eigenvalue weighted by atomic mass is 10.3. The van der Waals surface area contributed by atoms with Gasteiger partial charge in [-0.3, -0.25) is 9.59 Å². The molecule has 2 aromatic rings. The first-order valence-electron chi connectivity index (χ1n) is 8.55. The Kier molecular flexibility index (Phi) is 6.61. The van der Waals surface area contributed by atoms with Gasteiger partial charge >= 0.3 is 0 Å². The highest BCUT2D eigenvalue weighted by Crippen LogP contribution is 2.21. The van der Waals surface area contributed by atoms with E-state index in [1.165, 1.54) is 25.0 Å². The fourth-order valence-corrected chi connectivity index (χ4v) is 3.21. The van der Waals surface area contributed by atoms with E-state index in [2.05, 4.69) is 25.5 Å². The smallest absolute Gasteiger partial charge is 0.234 e. The molecular weight excluding hydrogens is 366 g/mol. The van der Waals surface area contributed by atoms with Gasteiger partial charge in [-0.15, -0.1) is 0 Å². The first kappa shape index (κ1) is 19.1. The molecule has 3 rings (SSSR count). The summed E-state index contributed by atoms with van der Waals surface area (Å²) in [6.07, 6.45) is 1.52. The Morgan fingerprint density at radius 1 is 1.11 bits per heavy atom. The molecule has 0 atom stereocenters. The number of morpholine rings is 1. The van der Waals surface area contributed by atoms with Crippen LogP contribution in [-0.2, 0) is 14.3 Å². The van der Waals surface area contributed by atoms with Gasteiger partial charge in [0, 0.05) is 37.5 Å². The van der Waals surface area contributed by atoms with Crippen molar-refractivity contribution < 1.29 is 14.3 Å². The number of rotatable bonds is 6. The second-order valence-electron chi connectivity index (χ2n) is 5.91. The number of nitrogens with one attached hydrogen (secondary N) is 2. The van der Waals surface area contributed by atoms with Gasteiger partial charge in [-0.05, 0) is 24.3 Å². The average molecular weight is 387 g/mol. The van der Waals surface area contributed by atoms with Crippen LogP contribution < -0.4 is 15.5 Å². The van der Waals surface area contributed by atoms with Crippen LogP contribution in [0, 0.1) is 0 Å². The predicted octanol–water partition coefficient (Wildman–Crippen LogP) is 2.00. The number of hydrogen-bond acceptors (Lipinski definition) is 7. The zero-order chi connectivity index (χ0) is 19.1. The lowest BCUT2D eigenvalue weighted by molar-refractivity contribution is -0.114. The summed E-state index contributed by atoms with van der Waals surface area (Å²) < 4.78 is 5.35. The van der Waals surface area contributed by atoms with E-state index < -0.39 is 0 Å². The molecule has 0 unspecified atom stereocenters. The van der Waals surface area contributed by atoms with E-state index in [0.717, 1.165) is 23.9 Å². The van der Waals surface area contributed by atoms with Crippen LogP contribution in [-0.4, -0.2) is 53.8 Å². The Labute approximate surface area is 161 Å². The molecule has 1 aliphatic rings. The van der Waals surface area contributed by atoms with E-state index in [0.29, 0.717) is 24.6 Å². The summed E-state index contributed by atoms with van der Waals surface area (Å²) in [5.74, 6) is 0.834. The van der Waals surface area contributed by atoms with Crippen molar-refractivity contribution in [1.82, 2.24) is 9.97 Å². The highest BCUT2D eigenvalue weighted by Gasteiger charge is 2.13. The Morgan fingerprint density at radius 3 is 2.44 bits per heavy atom. The standard InChI is InChI=1S/C18H21N5O3S/c1-13(24)21-14-2-4-15(5-3-14)22-17(25)11-27-18-10-16(19-12-20-18)23-6-8-26-9-7-23/h2-5,10,12H,6-9,11H2,1H3,(H,21,24)(H,22,25). The lowest BCUT2D eigenvalue weighted by Crippen LogP contribution is -2.36. The molecular formula is C18H21N5O3S. The minimum Gasteiger partial charge on any atom is -0.378 e. The predicted molar refractivity (Wildman–Crippen MR) is 105 cm³/mol. The number of aromatic nitrogens is 2. The average Bonchev–Trinajstić information content (AvgIpc) is 2.68. The van der Waals surface area contributed by atoms with Gasteiger partial charge in [0.25, 0.3) is 0 Å². The van der Waals surface area contributed by atoms with Gasteiger partial charge in [0.1, 0.15) is 17.2 Å². The molecule has 1 fully saturated rings. The maximum Gasteiger partial charge on any atom is 0.234 e. The Hall–Kier alpha value is -2.65. The van der Waals surface area contributed by atoms with E-state index in [1.807, 2.05) is 6.07 Å². The number of anilines is 3. The van der Waals surface area contributed by atoms with Crippen LogP contribution >= 0.6 is 11.8 Å². The molecule has 0 radical (unpaired) electrons. The maximum atomic E-state index is 12.2. The number of carbonyl (C=O) groups excluding carboxylic acids is 2. The number of ether oxygens (including phenoxy) is 1. The third kappa shape index (κ3) is 5.93. The third-order valence-electron chi connectivity index (χ3n) is 3.80. The Bertz CT molecular complexity index is 794. The zero-order valence-corrected chi connectivity index (χ0v) is 15.8. The van der Waals surface area contributed by atoms with Crippen molar-refractivity contribution in [3.8, 4) is 0 Å².